The fourth-order valence-electron chi connectivity index (χ4n) is 4.56. The highest BCUT2D eigenvalue weighted by atomic mass is 16.2. The number of nitrogens with one attached hydrogen (secondary N) is 2. The summed E-state index contributed by atoms with van der Waals surface area (Å²) in [5.41, 5.74) is 5.50. The number of rotatable bonds is 6. The van der Waals surface area contributed by atoms with E-state index in [4.69, 9.17) is 4.98 Å². The van der Waals surface area contributed by atoms with Crippen molar-refractivity contribution in [2.75, 3.05) is 13.1 Å². The smallest absolute Gasteiger partial charge is 0.257 e. The molecule has 10 heteroatoms. The lowest BCUT2D eigenvalue weighted by atomic mass is 10.1. The second-order valence-corrected chi connectivity index (χ2v) is 8.97. The molecule has 1 aliphatic heterocycles. The summed E-state index contributed by atoms with van der Waals surface area (Å²) in [7, 11) is 0. The Morgan fingerprint density at radius 1 is 1.03 bits per heavy atom. The number of hydrogen-bond acceptors (Lipinski definition) is 7. The highest BCUT2D eigenvalue weighted by Gasteiger charge is 2.24. The van der Waals surface area contributed by atoms with Crippen LogP contribution >= 0.6 is 0 Å². The third-order valence-corrected chi connectivity index (χ3v) is 6.59. The normalized spacial score (nSPS) is 13.6. The molecular weight excluding hydrogens is 456 g/mol. The number of imidazole rings is 1. The Hall–Kier alpha value is -4.47. The van der Waals surface area contributed by atoms with Crippen LogP contribution < -0.4 is 0 Å². The number of likely N-dealkylation sites (tertiary alicyclic amines) is 1. The number of ketones is 1. The third kappa shape index (κ3) is 3.90. The quantitative estimate of drug-likeness (QED) is 0.378. The zero-order valence-electron chi connectivity index (χ0n) is 19.8. The Balaban J connectivity index is 1.36. The standard InChI is InChI=1S/C26H24N8O2/c1-2-18(35)10-17-6-5-15(11-28-17)16-9-19-23(32-33-24(19)29-12-16)25-30-21-14-27-13-20(22(21)31-25)26(36)34-7-3-4-8-34/h5-6,9,11-14H,2-4,7-8,10H2,1H3,(H,30,31)(H,29,32,33). The largest absolute Gasteiger partial charge is 0.339 e. The second-order valence-electron chi connectivity index (χ2n) is 8.97. The van der Waals surface area contributed by atoms with Crippen molar-refractivity contribution >= 4 is 33.8 Å². The van der Waals surface area contributed by atoms with Crippen molar-refractivity contribution < 1.29 is 9.59 Å². The highest BCUT2D eigenvalue weighted by Crippen LogP contribution is 2.30. The van der Waals surface area contributed by atoms with E-state index in [0.29, 0.717) is 46.6 Å². The minimum absolute atomic E-state index is 0.0429. The van der Waals surface area contributed by atoms with Crippen LogP contribution in [0.5, 0.6) is 0 Å². The van der Waals surface area contributed by atoms with Crippen molar-refractivity contribution in [2.24, 2.45) is 0 Å². The van der Waals surface area contributed by atoms with Crippen LogP contribution in [0.4, 0.5) is 0 Å². The second kappa shape index (κ2) is 8.95. The van der Waals surface area contributed by atoms with E-state index in [9.17, 15) is 9.59 Å². The van der Waals surface area contributed by atoms with E-state index in [1.807, 2.05) is 30.0 Å². The Morgan fingerprint density at radius 2 is 1.86 bits per heavy atom. The zero-order chi connectivity index (χ0) is 24.6. The van der Waals surface area contributed by atoms with Gasteiger partial charge in [0.2, 0.25) is 0 Å². The number of fused-ring (bicyclic) bond motifs is 2. The van der Waals surface area contributed by atoms with Gasteiger partial charge in [-0.1, -0.05) is 13.0 Å². The summed E-state index contributed by atoms with van der Waals surface area (Å²) in [6, 6.07) is 5.79. The fraction of sp³-hybridized carbons (Fsp3) is 0.269. The van der Waals surface area contributed by atoms with Crippen LogP contribution in [0.1, 0.15) is 42.2 Å². The van der Waals surface area contributed by atoms with Crippen molar-refractivity contribution in [3.05, 3.63) is 54.2 Å². The molecule has 1 aliphatic rings. The molecule has 0 atom stereocenters. The van der Waals surface area contributed by atoms with Gasteiger partial charge in [0, 0.05) is 61.3 Å². The molecule has 0 saturated carbocycles. The molecule has 1 fully saturated rings. The number of aromatic nitrogens is 7. The number of H-pyrrole nitrogens is 2. The Morgan fingerprint density at radius 3 is 2.64 bits per heavy atom. The van der Waals surface area contributed by atoms with E-state index in [1.54, 1.807) is 24.8 Å². The number of pyridine rings is 3. The van der Waals surface area contributed by atoms with Gasteiger partial charge in [0.05, 0.1) is 22.7 Å². The number of hydrogen-bond donors (Lipinski definition) is 2. The molecule has 36 heavy (non-hydrogen) atoms. The first-order chi connectivity index (χ1) is 17.6. The first-order valence-corrected chi connectivity index (χ1v) is 12.0. The topological polar surface area (TPSA) is 133 Å². The van der Waals surface area contributed by atoms with Crippen molar-refractivity contribution in [1.29, 1.82) is 0 Å². The maximum absolute atomic E-state index is 13.0. The van der Waals surface area contributed by atoms with Crippen molar-refractivity contribution in [1.82, 2.24) is 40.0 Å². The van der Waals surface area contributed by atoms with Gasteiger partial charge in [0.15, 0.2) is 11.5 Å². The van der Waals surface area contributed by atoms with Gasteiger partial charge in [-0.25, -0.2) is 9.97 Å². The average Bonchev–Trinajstić information content (AvgIpc) is 3.67. The average molecular weight is 481 g/mol. The first-order valence-electron chi connectivity index (χ1n) is 12.0. The van der Waals surface area contributed by atoms with Gasteiger partial charge in [0.1, 0.15) is 17.0 Å². The van der Waals surface area contributed by atoms with Crippen molar-refractivity contribution in [3.63, 3.8) is 0 Å². The van der Waals surface area contributed by atoms with Crippen LogP contribution in [0.15, 0.2) is 43.0 Å². The van der Waals surface area contributed by atoms with Gasteiger partial charge in [-0.05, 0) is 25.0 Å². The molecule has 0 unspecified atom stereocenters. The predicted octanol–water partition coefficient (Wildman–Crippen LogP) is 3.72. The number of aromatic amines is 2. The van der Waals surface area contributed by atoms with Gasteiger partial charge in [0.25, 0.3) is 5.91 Å². The summed E-state index contributed by atoms with van der Waals surface area (Å²) in [6.45, 7) is 3.37. The molecule has 6 heterocycles. The predicted molar refractivity (Wildman–Crippen MR) is 134 cm³/mol. The molecule has 5 aromatic rings. The minimum Gasteiger partial charge on any atom is -0.339 e. The van der Waals surface area contributed by atoms with Gasteiger partial charge < -0.3 is 9.88 Å². The Kier molecular flexibility index (Phi) is 5.48. The summed E-state index contributed by atoms with van der Waals surface area (Å²) in [5.74, 6) is 0.674. The van der Waals surface area contributed by atoms with Crippen LogP contribution in [0.3, 0.4) is 0 Å². The van der Waals surface area contributed by atoms with E-state index in [1.165, 1.54) is 0 Å². The minimum atomic E-state index is -0.0429. The SMILES string of the molecule is CCC(=O)Cc1ccc(-c2cnc3n[nH]c(-c4nc5c(C(=O)N6CCCC6)cncc5[nH]4)c3c2)cn1. The molecule has 10 nitrogen and oxygen atoms in total. The Labute approximate surface area is 206 Å². The van der Waals surface area contributed by atoms with Crippen LogP contribution in [0, 0.1) is 0 Å². The summed E-state index contributed by atoms with van der Waals surface area (Å²) >= 11 is 0. The van der Waals surface area contributed by atoms with Gasteiger partial charge in [-0.3, -0.25) is 24.7 Å². The molecule has 0 aliphatic carbocycles. The molecule has 6 rings (SSSR count). The van der Waals surface area contributed by atoms with E-state index in [0.717, 1.165) is 48.1 Å². The summed E-state index contributed by atoms with van der Waals surface area (Å²) in [6.07, 6.45) is 9.63. The van der Waals surface area contributed by atoms with Crippen molar-refractivity contribution in [2.45, 2.75) is 32.6 Å². The number of Topliss-reactive ketones (excluding diaryl/α,β-unsaturated/α-hetero) is 1. The van der Waals surface area contributed by atoms with Crippen LogP contribution in [-0.4, -0.2) is 64.8 Å². The lowest BCUT2D eigenvalue weighted by molar-refractivity contribution is -0.118. The summed E-state index contributed by atoms with van der Waals surface area (Å²) in [4.78, 5) is 47.9. The van der Waals surface area contributed by atoms with Crippen LogP contribution in [0.25, 0.3) is 44.7 Å². The highest BCUT2D eigenvalue weighted by molar-refractivity contribution is 6.05. The van der Waals surface area contributed by atoms with E-state index in [2.05, 4.69) is 30.1 Å². The summed E-state index contributed by atoms with van der Waals surface area (Å²) < 4.78 is 0. The molecule has 5 aromatic heterocycles. The van der Waals surface area contributed by atoms with Crippen molar-refractivity contribution in [3.8, 4) is 22.6 Å². The monoisotopic (exact) mass is 480 g/mol. The number of carbonyl (C=O) groups excluding carboxylic acids is 2. The van der Waals surface area contributed by atoms with E-state index >= 15 is 0 Å². The number of carbonyl (C=O) groups is 2. The van der Waals surface area contributed by atoms with Gasteiger partial charge >= 0.3 is 0 Å². The molecule has 1 saturated heterocycles. The molecular formula is C26H24N8O2. The third-order valence-electron chi connectivity index (χ3n) is 6.59. The molecule has 1 amide bonds. The maximum atomic E-state index is 13.0. The molecule has 0 radical (unpaired) electrons. The van der Waals surface area contributed by atoms with Gasteiger partial charge in [-0.15, -0.1) is 0 Å². The Bertz CT molecular complexity index is 1600. The van der Waals surface area contributed by atoms with Crippen LogP contribution in [0.2, 0.25) is 0 Å². The molecule has 180 valence electrons. The lowest BCUT2D eigenvalue weighted by Crippen LogP contribution is -2.27. The van der Waals surface area contributed by atoms with E-state index < -0.39 is 0 Å². The number of amides is 1. The number of nitrogens with zero attached hydrogens (tertiary/aromatic N) is 6. The van der Waals surface area contributed by atoms with Gasteiger partial charge in [-0.2, -0.15) is 5.10 Å². The lowest BCUT2D eigenvalue weighted by Gasteiger charge is -2.14. The molecule has 2 N–H and O–H groups in total. The molecule has 0 bridgehead atoms. The summed E-state index contributed by atoms with van der Waals surface area (Å²) in [5, 5.41) is 8.16. The van der Waals surface area contributed by atoms with E-state index in [-0.39, 0.29) is 11.7 Å². The molecule has 0 aromatic carbocycles. The fourth-order valence-corrected chi connectivity index (χ4v) is 4.56. The zero-order valence-corrected chi connectivity index (χ0v) is 19.8. The first kappa shape index (κ1) is 22.0. The van der Waals surface area contributed by atoms with Crippen LogP contribution in [-0.2, 0) is 11.2 Å². The molecule has 0 spiro atoms. The maximum Gasteiger partial charge on any atom is 0.257 e.